The van der Waals surface area contributed by atoms with Crippen LogP contribution < -0.4 is 9.47 Å². The number of hydrogen-bond donors (Lipinski definition) is 0. The predicted molar refractivity (Wildman–Crippen MR) is 115 cm³/mol. The molecule has 0 amide bonds. The summed E-state index contributed by atoms with van der Waals surface area (Å²) in [5, 5.41) is 0. The van der Waals surface area contributed by atoms with Gasteiger partial charge in [-0.3, -0.25) is 0 Å². The van der Waals surface area contributed by atoms with E-state index in [1.807, 2.05) is 0 Å². The number of halogens is 4. The minimum absolute atomic E-state index is 0.310. The Morgan fingerprint density at radius 2 is 1.15 bits per heavy atom. The number of benzene rings is 2. The fourth-order valence-corrected chi connectivity index (χ4v) is 7.51. The SMILES string of the molecule is CC(C)[Si](COc1ccc(F)cc1Br)(COc1ccc(F)cc1Br)C(C)C. The van der Waals surface area contributed by atoms with Gasteiger partial charge >= 0.3 is 0 Å². The Balaban J connectivity index is 2.21. The Hall–Kier alpha value is -0.923. The number of hydrogen-bond acceptors (Lipinski definition) is 2. The minimum Gasteiger partial charge on any atom is -0.496 e. The summed E-state index contributed by atoms with van der Waals surface area (Å²) in [5.74, 6) is 0.625. The monoisotopic (exact) mass is 520 g/mol. The molecule has 0 aromatic heterocycles. The fraction of sp³-hybridized carbons (Fsp3) is 0.400. The zero-order chi connectivity index (χ0) is 20.2. The third-order valence-corrected chi connectivity index (χ3v) is 12.3. The molecule has 0 aliphatic heterocycles. The van der Waals surface area contributed by atoms with E-state index in [4.69, 9.17) is 9.47 Å². The first kappa shape index (κ1) is 22.4. The molecule has 27 heavy (non-hydrogen) atoms. The molecule has 2 aromatic rings. The summed E-state index contributed by atoms with van der Waals surface area (Å²) < 4.78 is 40.1. The molecule has 148 valence electrons. The quantitative estimate of drug-likeness (QED) is 0.339. The minimum atomic E-state index is -2.06. The Bertz CT molecular complexity index is 719. The summed E-state index contributed by atoms with van der Waals surface area (Å²) in [4.78, 5) is 0. The molecule has 7 heteroatoms. The van der Waals surface area contributed by atoms with Crippen molar-refractivity contribution in [3.05, 3.63) is 57.0 Å². The molecule has 0 heterocycles. The lowest BCUT2D eigenvalue weighted by Gasteiger charge is -2.38. The molecule has 0 atom stereocenters. The summed E-state index contributed by atoms with van der Waals surface area (Å²) >= 11 is 6.72. The normalized spacial score (nSPS) is 11.9. The highest BCUT2D eigenvalue weighted by Crippen LogP contribution is 2.36. The van der Waals surface area contributed by atoms with E-state index in [1.54, 1.807) is 12.1 Å². The maximum absolute atomic E-state index is 13.3. The van der Waals surface area contributed by atoms with E-state index in [0.29, 0.717) is 44.0 Å². The number of rotatable bonds is 8. The maximum Gasteiger partial charge on any atom is 0.146 e. The van der Waals surface area contributed by atoms with Gasteiger partial charge in [0.05, 0.1) is 21.4 Å². The highest BCUT2D eigenvalue weighted by atomic mass is 79.9. The van der Waals surface area contributed by atoms with Gasteiger partial charge in [-0.15, -0.1) is 0 Å². The summed E-state index contributed by atoms with van der Waals surface area (Å²) in [6, 6.07) is 8.85. The van der Waals surface area contributed by atoms with Crippen molar-refractivity contribution in [2.45, 2.75) is 38.8 Å². The van der Waals surface area contributed by atoms with E-state index in [2.05, 4.69) is 59.6 Å². The molecule has 0 aliphatic rings. The van der Waals surface area contributed by atoms with Crippen LogP contribution in [-0.4, -0.2) is 20.5 Å². The smallest absolute Gasteiger partial charge is 0.146 e. The standard InChI is InChI=1S/C20H24Br2F2O2Si/c1-13(2)27(14(3)4,11-25-19-7-5-15(23)9-17(19)21)12-26-20-8-6-16(24)10-18(20)22/h5-10,13-14H,11-12H2,1-4H3. The van der Waals surface area contributed by atoms with E-state index in [1.165, 1.54) is 24.3 Å². The van der Waals surface area contributed by atoms with Crippen molar-refractivity contribution in [1.82, 2.24) is 0 Å². The van der Waals surface area contributed by atoms with Gasteiger partial charge in [0.1, 0.15) is 31.2 Å². The van der Waals surface area contributed by atoms with Crippen LogP contribution in [0.5, 0.6) is 11.5 Å². The van der Waals surface area contributed by atoms with Crippen LogP contribution in [0.3, 0.4) is 0 Å². The summed E-state index contributed by atoms with van der Waals surface area (Å²) in [5.41, 5.74) is 0.798. The molecule has 0 fully saturated rings. The van der Waals surface area contributed by atoms with Crippen molar-refractivity contribution >= 4 is 39.9 Å². The summed E-state index contributed by atoms with van der Waals surface area (Å²) in [6.07, 6.45) is 1.09. The van der Waals surface area contributed by atoms with Crippen LogP contribution in [0, 0.1) is 11.6 Å². The van der Waals surface area contributed by atoms with Crippen LogP contribution in [0.25, 0.3) is 0 Å². The van der Waals surface area contributed by atoms with E-state index in [-0.39, 0.29) is 11.6 Å². The molecule has 0 radical (unpaired) electrons. The largest absolute Gasteiger partial charge is 0.496 e. The van der Waals surface area contributed by atoms with Crippen LogP contribution in [0.2, 0.25) is 11.1 Å². The molecule has 0 spiro atoms. The molecule has 0 unspecified atom stereocenters. The molecular weight excluding hydrogens is 498 g/mol. The molecule has 0 N–H and O–H groups in total. The Labute approximate surface area is 177 Å². The lowest BCUT2D eigenvalue weighted by Crippen LogP contribution is -2.53. The van der Waals surface area contributed by atoms with Crippen molar-refractivity contribution < 1.29 is 18.3 Å². The van der Waals surface area contributed by atoms with Gasteiger partial charge in [-0.1, -0.05) is 27.7 Å². The van der Waals surface area contributed by atoms with E-state index >= 15 is 0 Å². The van der Waals surface area contributed by atoms with Gasteiger partial charge in [0, 0.05) is 0 Å². The van der Waals surface area contributed by atoms with Crippen LogP contribution in [0.4, 0.5) is 8.78 Å². The Morgan fingerprint density at radius 3 is 1.44 bits per heavy atom. The van der Waals surface area contributed by atoms with Gasteiger partial charge in [-0.05, 0) is 79.3 Å². The molecular formula is C20H24Br2F2O2Si. The summed E-state index contributed by atoms with van der Waals surface area (Å²) in [7, 11) is -2.06. The van der Waals surface area contributed by atoms with Crippen LogP contribution in [-0.2, 0) is 0 Å². The second-order valence-corrected chi connectivity index (χ2v) is 14.3. The van der Waals surface area contributed by atoms with Crippen molar-refractivity contribution in [2.75, 3.05) is 12.5 Å². The van der Waals surface area contributed by atoms with Crippen LogP contribution in [0.1, 0.15) is 27.7 Å². The van der Waals surface area contributed by atoms with Crippen molar-refractivity contribution in [1.29, 1.82) is 0 Å². The van der Waals surface area contributed by atoms with Gasteiger partial charge in [-0.2, -0.15) is 0 Å². The average Bonchev–Trinajstić information content (AvgIpc) is 2.57. The van der Waals surface area contributed by atoms with Gasteiger partial charge in [0.25, 0.3) is 0 Å². The Kier molecular flexibility index (Phi) is 7.89. The first-order valence-electron chi connectivity index (χ1n) is 8.81. The first-order valence-corrected chi connectivity index (χ1v) is 13.0. The molecule has 0 saturated carbocycles. The highest BCUT2D eigenvalue weighted by Gasteiger charge is 2.42. The fourth-order valence-electron chi connectivity index (χ4n) is 2.98. The molecule has 2 nitrogen and oxygen atoms in total. The lowest BCUT2D eigenvalue weighted by atomic mass is 10.3. The molecule has 0 bridgehead atoms. The van der Waals surface area contributed by atoms with Crippen molar-refractivity contribution in [2.24, 2.45) is 0 Å². The van der Waals surface area contributed by atoms with Gasteiger partial charge in [0.2, 0.25) is 0 Å². The van der Waals surface area contributed by atoms with Gasteiger partial charge in [-0.25, -0.2) is 8.78 Å². The van der Waals surface area contributed by atoms with Crippen molar-refractivity contribution in [3.63, 3.8) is 0 Å². The maximum atomic E-state index is 13.3. The third-order valence-electron chi connectivity index (χ3n) is 5.08. The summed E-state index contributed by atoms with van der Waals surface area (Å²) in [6.45, 7) is 8.77. The molecule has 0 saturated heterocycles. The molecule has 0 aliphatic carbocycles. The zero-order valence-electron chi connectivity index (χ0n) is 15.9. The zero-order valence-corrected chi connectivity index (χ0v) is 20.0. The van der Waals surface area contributed by atoms with Gasteiger partial charge < -0.3 is 9.47 Å². The lowest BCUT2D eigenvalue weighted by molar-refractivity contribution is 0.331. The van der Waals surface area contributed by atoms with Crippen LogP contribution in [0.15, 0.2) is 45.3 Å². The highest BCUT2D eigenvalue weighted by molar-refractivity contribution is 9.10. The second kappa shape index (κ2) is 9.52. The topological polar surface area (TPSA) is 18.5 Å². The average molecular weight is 522 g/mol. The van der Waals surface area contributed by atoms with E-state index in [9.17, 15) is 8.78 Å². The Morgan fingerprint density at radius 1 is 0.778 bits per heavy atom. The molecule has 2 rings (SSSR count). The predicted octanol–water partition coefficient (Wildman–Crippen LogP) is 7.29. The van der Waals surface area contributed by atoms with E-state index < -0.39 is 8.07 Å². The first-order chi connectivity index (χ1) is 12.7. The molecule has 2 aromatic carbocycles. The van der Waals surface area contributed by atoms with Crippen molar-refractivity contribution in [3.8, 4) is 11.5 Å². The van der Waals surface area contributed by atoms with Crippen LogP contribution >= 0.6 is 31.9 Å². The second-order valence-electron chi connectivity index (χ2n) is 7.27. The van der Waals surface area contributed by atoms with Gasteiger partial charge in [0.15, 0.2) is 0 Å². The number of ether oxygens (including phenoxy) is 2. The van der Waals surface area contributed by atoms with E-state index in [0.717, 1.165) is 0 Å². The third kappa shape index (κ3) is 5.54.